The molecular weight excluding hydrogens is 258 g/mol. The molecule has 0 spiro atoms. The molecule has 1 aromatic heterocycles. The van der Waals surface area contributed by atoms with Crippen LogP contribution in [0.4, 0.5) is 0 Å². The second-order valence-electron chi connectivity index (χ2n) is 6.54. The molecule has 0 saturated heterocycles. The minimum Gasteiger partial charge on any atom is -0.481 e. The smallest absolute Gasteiger partial charge is 0.307 e. The number of carboxylic acids is 1. The molecule has 0 radical (unpaired) electrons. The molecule has 0 aromatic carbocycles. The lowest BCUT2D eigenvalue weighted by molar-refractivity contribution is -0.140. The number of hydrogen-bond donors (Lipinski definition) is 2. The lowest BCUT2D eigenvalue weighted by Crippen LogP contribution is -2.37. The van der Waals surface area contributed by atoms with E-state index < -0.39 is 17.8 Å². The Morgan fingerprint density at radius 2 is 2.10 bits per heavy atom. The van der Waals surface area contributed by atoms with Gasteiger partial charge in [-0.2, -0.15) is 5.10 Å². The number of hydrogen-bond acceptors (Lipinski definition) is 3. The van der Waals surface area contributed by atoms with Crippen molar-refractivity contribution in [3.63, 3.8) is 0 Å². The molecule has 20 heavy (non-hydrogen) atoms. The van der Waals surface area contributed by atoms with Crippen LogP contribution >= 0.6 is 0 Å². The van der Waals surface area contributed by atoms with Crippen LogP contribution in [0.2, 0.25) is 0 Å². The zero-order valence-corrected chi connectivity index (χ0v) is 12.3. The van der Waals surface area contributed by atoms with Gasteiger partial charge >= 0.3 is 5.97 Å². The van der Waals surface area contributed by atoms with E-state index in [1.165, 1.54) is 0 Å². The monoisotopic (exact) mass is 279 g/mol. The van der Waals surface area contributed by atoms with Crippen molar-refractivity contribution < 1.29 is 14.7 Å². The summed E-state index contributed by atoms with van der Waals surface area (Å²) in [5.41, 5.74) is 0.757. The molecule has 1 fully saturated rings. The van der Waals surface area contributed by atoms with E-state index in [0.717, 1.165) is 5.56 Å². The maximum atomic E-state index is 12.2. The summed E-state index contributed by atoms with van der Waals surface area (Å²) in [5.74, 6) is -1.99. The van der Waals surface area contributed by atoms with Gasteiger partial charge in [-0.1, -0.05) is 20.8 Å². The molecular formula is C14H21N3O3. The van der Waals surface area contributed by atoms with Gasteiger partial charge in [0.1, 0.15) is 0 Å². The van der Waals surface area contributed by atoms with Gasteiger partial charge in [0.2, 0.25) is 5.91 Å². The first kappa shape index (κ1) is 14.6. The van der Waals surface area contributed by atoms with Gasteiger partial charge in [-0.25, -0.2) is 0 Å². The van der Waals surface area contributed by atoms with E-state index in [2.05, 4.69) is 10.4 Å². The second kappa shape index (κ2) is 4.92. The van der Waals surface area contributed by atoms with Crippen molar-refractivity contribution in [2.45, 2.75) is 33.2 Å². The third-order valence-electron chi connectivity index (χ3n) is 3.66. The quantitative estimate of drug-likeness (QED) is 0.871. The van der Waals surface area contributed by atoms with E-state index in [-0.39, 0.29) is 17.4 Å². The Bertz CT molecular complexity index is 530. The van der Waals surface area contributed by atoms with Crippen LogP contribution in [0, 0.1) is 17.3 Å². The molecule has 1 heterocycles. The second-order valence-corrected chi connectivity index (χ2v) is 6.54. The van der Waals surface area contributed by atoms with Gasteiger partial charge in [0, 0.05) is 18.8 Å². The largest absolute Gasteiger partial charge is 0.481 e. The number of amides is 1. The molecule has 3 unspecified atom stereocenters. The van der Waals surface area contributed by atoms with Crippen LogP contribution < -0.4 is 5.32 Å². The highest BCUT2D eigenvalue weighted by Gasteiger charge is 2.49. The number of aliphatic carboxylic acids is 1. The predicted molar refractivity (Wildman–Crippen MR) is 72.8 cm³/mol. The van der Waals surface area contributed by atoms with E-state index in [4.69, 9.17) is 5.11 Å². The Morgan fingerprint density at radius 1 is 1.45 bits per heavy atom. The van der Waals surface area contributed by atoms with Gasteiger partial charge in [0.15, 0.2) is 0 Å². The molecule has 110 valence electrons. The summed E-state index contributed by atoms with van der Waals surface area (Å²) in [6, 6.07) is -0.182. The Balaban J connectivity index is 2.10. The Labute approximate surface area is 118 Å². The molecule has 1 aromatic rings. The molecule has 0 aliphatic heterocycles. The van der Waals surface area contributed by atoms with E-state index >= 15 is 0 Å². The number of aryl methyl sites for hydroxylation is 1. The molecule has 1 aliphatic rings. The standard InChI is InChI=1S/C14H21N3O3/c1-14(2,3)11(8-6-15-17(4)7-8)16-12(18)9-5-10(9)13(19)20/h6-7,9-11H,5H2,1-4H3,(H,16,18)(H,19,20). The summed E-state index contributed by atoms with van der Waals surface area (Å²) in [5, 5.41) is 16.0. The number of carbonyl (C=O) groups is 2. The van der Waals surface area contributed by atoms with Crippen molar-refractivity contribution in [3.8, 4) is 0 Å². The van der Waals surface area contributed by atoms with Gasteiger partial charge in [-0.05, 0) is 11.8 Å². The van der Waals surface area contributed by atoms with Crippen LogP contribution in [0.15, 0.2) is 12.4 Å². The third-order valence-corrected chi connectivity index (χ3v) is 3.66. The van der Waals surface area contributed by atoms with E-state index in [1.807, 2.05) is 34.0 Å². The maximum Gasteiger partial charge on any atom is 0.307 e. The van der Waals surface area contributed by atoms with Crippen molar-refractivity contribution in [2.75, 3.05) is 0 Å². The van der Waals surface area contributed by atoms with Crippen LogP contribution in [-0.2, 0) is 16.6 Å². The number of rotatable bonds is 4. The summed E-state index contributed by atoms with van der Waals surface area (Å²) in [4.78, 5) is 23.0. The summed E-state index contributed by atoms with van der Waals surface area (Å²) >= 11 is 0. The third kappa shape index (κ3) is 3.00. The van der Waals surface area contributed by atoms with Crippen LogP contribution in [0.25, 0.3) is 0 Å². The van der Waals surface area contributed by atoms with Crippen LogP contribution in [-0.4, -0.2) is 26.8 Å². The summed E-state index contributed by atoms with van der Waals surface area (Å²) in [7, 11) is 1.83. The van der Waals surface area contributed by atoms with Crippen LogP contribution in [0.5, 0.6) is 0 Å². The lowest BCUT2D eigenvalue weighted by atomic mass is 9.83. The zero-order valence-electron chi connectivity index (χ0n) is 12.3. The zero-order chi connectivity index (χ0) is 15.1. The average molecular weight is 279 g/mol. The molecule has 1 aliphatic carbocycles. The average Bonchev–Trinajstić information content (AvgIpc) is 3.02. The molecule has 3 atom stereocenters. The SMILES string of the molecule is Cn1cc(C(NC(=O)C2CC2C(=O)O)C(C)(C)C)cn1. The minimum atomic E-state index is -0.890. The number of carbonyl (C=O) groups excluding carboxylic acids is 1. The summed E-state index contributed by atoms with van der Waals surface area (Å²) < 4.78 is 1.69. The lowest BCUT2D eigenvalue weighted by Gasteiger charge is -2.31. The van der Waals surface area contributed by atoms with Gasteiger partial charge in [0.25, 0.3) is 0 Å². The minimum absolute atomic E-state index is 0.174. The fraction of sp³-hybridized carbons (Fsp3) is 0.643. The van der Waals surface area contributed by atoms with Gasteiger partial charge in [0.05, 0.1) is 24.1 Å². The highest BCUT2D eigenvalue weighted by molar-refractivity contribution is 5.89. The van der Waals surface area contributed by atoms with Crippen molar-refractivity contribution in [3.05, 3.63) is 18.0 Å². The Morgan fingerprint density at radius 3 is 2.50 bits per heavy atom. The van der Waals surface area contributed by atoms with Crippen molar-refractivity contribution in [1.82, 2.24) is 15.1 Å². The maximum absolute atomic E-state index is 12.2. The normalized spacial score (nSPS) is 23.2. The molecule has 0 bridgehead atoms. The van der Waals surface area contributed by atoms with Crippen molar-refractivity contribution >= 4 is 11.9 Å². The topological polar surface area (TPSA) is 84.2 Å². The first-order valence-electron chi connectivity index (χ1n) is 6.72. The van der Waals surface area contributed by atoms with Gasteiger partial charge in [-0.15, -0.1) is 0 Å². The van der Waals surface area contributed by atoms with Crippen LogP contribution in [0.1, 0.15) is 38.8 Å². The highest BCUT2D eigenvalue weighted by atomic mass is 16.4. The first-order valence-corrected chi connectivity index (χ1v) is 6.72. The Kier molecular flexibility index (Phi) is 3.58. The molecule has 6 heteroatoms. The molecule has 1 amide bonds. The number of aromatic nitrogens is 2. The van der Waals surface area contributed by atoms with Gasteiger partial charge < -0.3 is 10.4 Å². The summed E-state index contributed by atoms with van der Waals surface area (Å²) in [6.07, 6.45) is 4.04. The van der Waals surface area contributed by atoms with E-state index in [1.54, 1.807) is 10.9 Å². The van der Waals surface area contributed by atoms with Crippen molar-refractivity contribution in [2.24, 2.45) is 24.3 Å². The highest BCUT2D eigenvalue weighted by Crippen LogP contribution is 2.40. The van der Waals surface area contributed by atoms with E-state index in [9.17, 15) is 9.59 Å². The van der Waals surface area contributed by atoms with Crippen LogP contribution in [0.3, 0.4) is 0 Å². The summed E-state index contributed by atoms with van der Waals surface area (Å²) in [6.45, 7) is 6.10. The van der Waals surface area contributed by atoms with Gasteiger partial charge in [-0.3, -0.25) is 14.3 Å². The molecule has 6 nitrogen and oxygen atoms in total. The Hall–Kier alpha value is -1.85. The number of nitrogens with one attached hydrogen (secondary N) is 1. The number of nitrogens with zero attached hydrogens (tertiary/aromatic N) is 2. The predicted octanol–water partition coefficient (Wildman–Crippen LogP) is 1.34. The fourth-order valence-electron chi connectivity index (χ4n) is 2.40. The fourth-order valence-corrected chi connectivity index (χ4v) is 2.40. The number of carboxylic acid groups (broad SMARTS) is 1. The van der Waals surface area contributed by atoms with Crippen molar-refractivity contribution in [1.29, 1.82) is 0 Å². The first-order chi connectivity index (χ1) is 9.20. The molecule has 2 rings (SSSR count). The van der Waals surface area contributed by atoms with E-state index in [0.29, 0.717) is 6.42 Å². The molecule has 1 saturated carbocycles. The molecule has 2 N–H and O–H groups in total.